The van der Waals surface area contributed by atoms with Gasteiger partial charge in [-0.1, -0.05) is 183 Å². The van der Waals surface area contributed by atoms with Crippen LogP contribution < -0.4 is 10.4 Å². The maximum Gasteiger partial charge on any atom is 0.160 e. The molecule has 0 saturated heterocycles. The summed E-state index contributed by atoms with van der Waals surface area (Å²) in [6.07, 6.45) is 13.1. The van der Waals surface area contributed by atoms with Gasteiger partial charge in [0.25, 0.3) is 0 Å². The third-order valence-corrected chi connectivity index (χ3v) is 12.1. The van der Waals surface area contributed by atoms with Crippen molar-refractivity contribution < 1.29 is 0 Å². The fourth-order valence-electron chi connectivity index (χ4n) is 9.09. The van der Waals surface area contributed by atoms with Crippen molar-refractivity contribution in [3.8, 4) is 45.0 Å². The van der Waals surface area contributed by atoms with Gasteiger partial charge in [-0.25, -0.2) is 9.97 Å². The predicted octanol–water partition coefficient (Wildman–Crippen LogP) is 13.5. The van der Waals surface area contributed by atoms with Crippen LogP contribution >= 0.6 is 0 Å². The fraction of sp³-hybridized carbons (Fsp3) is 0.0167. The quantitative estimate of drug-likeness (QED) is 0.157. The molecule has 0 bridgehead atoms. The Morgan fingerprint density at radius 3 is 1.97 bits per heavy atom. The third kappa shape index (κ3) is 7.26. The minimum absolute atomic E-state index is 0.648. The molecule has 0 radical (unpaired) electrons. The minimum atomic E-state index is 0.648. The summed E-state index contributed by atoms with van der Waals surface area (Å²) >= 11 is 0. The van der Waals surface area contributed by atoms with Crippen LogP contribution in [0.4, 0.5) is 0 Å². The molecule has 0 saturated carbocycles. The Bertz CT molecular complexity index is 3610. The summed E-state index contributed by atoms with van der Waals surface area (Å²) < 4.78 is 0. The Labute approximate surface area is 366 Å². The van der Waals surface area contributed by atoms with Crippen LogP contribution in [0, 0.1) is 0 Å². The van der Waals surface area contributed by atoms with E-state index < -0.39 is 0 Å². The number of allylic oxidation sites excluding steroid dienone is 5. The Kier molecular flexibility index (Phi) is 9.76. The Hall–Kier alpha value is -8.27. The standard InChI is InChI=1S/C60H41N3/c1-40-16-3-2-4-25-51(45-32-31-41-17-5-6-18-42(41)34-45)53-28-11-12-30-55(53)59(40)47-22-14-23-48(36-47)60-62-57(46-21-13-20-43(35-46)49-24-15-33-61-39-49)38-58(63-60)56-37-44-19-7-8-26-50(44)52-27-9-10-29-54(52)56/h2-24,26-39H,1,25H2/b4-2-,16-3-,53-51+,59-55+. The summed E-state index contributed by atoms with van der Waals surface area (Å²) in [5.41, 5.74) is 12.3. The zero-order chi connectivity index (χ0) is 42.1. The molecular weight excluding hydrogens is 763 g/mol. The van der Waals surface area contributed by atoms with Gasteiger partial charge in [0.2, 0.25) is 0 Å². The van der Waals surface area contributed by atoms with E-state index in [1.54, 1.807) is 6.20 Å². The van der Waals surface area contributed by atoms with Gasteiger partial charge in [0.05, 0.1) is 11.4 Å². The van der Waals surface area contributed by atoms with Gasteiger partial charge in [0, 0.05) is 34.6 Å². The van der Waals surface area contributed by atoms with Gasteiger partial charge in [-0.2, -0.15) is 0 Å². The molecule has 8 aromatic carbocycles. The Balaban J connectivity index is 1.14. The first kappa shape index (κ1) is 37.7. The molecule has 0 amide bonds. The molecule has 1 aliphatic rings. The van der Waals surface area contributed by atoms with Crippen molar-refractivity contribution in [3.63, 3.8) is 0 Å². The van der Waals surface area contributed by atoms with Crippen molar-refractivity contribution in [3.05, 3.63) is 258 Å². The number of aromatic nitrogens is 3. The lowest BCUT2D eigenvalue weighted by Crippen LogP contribution is -2.30. The highest BCUT2D eigenvalue weighted by Crippen LogP contribution is 2.37. The van der Waals surface area contributed by atoms with Crippen LogP contribution in [0.15, 0.2) is 237 Å². The van der Waals surface area contributed by atoms with Gasteiger partial charge in [0.1, 0.15) is 0 Å². The highest BCUT2D eigenvalue weighted by atomic mass is 14.9. The van der Waals surface area contributed by atoms with E-state index in [1.165, 1.54) is 43.3 Å². The molecule has 3 nitrogen and oxygen atoms in total. The minimum Gasteiger partial charge on any atom is -0.264 e. The van der Waals surface area contributed by atoms with Gasteiger partial charge in [0.15, 0.2) is 5.82 Å². The number of benzene rings is 8. The van der Waals surface area contributed by atoms with Gasteiger partial charge in [-0.15, -0.1) is 0 Å². The molecule has 1 aliphatic carbocycles. The summed E-state index contributed by atoms with van der Waals surface area (Å²) in [5, 5.41) is 9.51. The summed E-state index contributed by atoms with van der Waals surface area (Å²) in [6, 6.07) is 67.0. The maximum absolute atomic E-state index is 5.44. The highest BCUT2D eigenvalue weighted by molar-refractivity contribution is 6.13. The largest absolute Gasteiger partial charge is 0.264 e. The molecule has 0 N–H and O–H groups in total. The van der Waals surface area contributed by atoms with Gasteiger partial charge in [-0.05, 0) is 119 Å². The zero-order valence-electron chi connectivity index (χ0n) is 34.6. The van der Waals surface area contributed by atoms with Crippen LogP contribution in [-0.4, -0.2) is 15.0 Å². The molecular formula is C60H41N3. The van der Waals surface area contributed by atoms with E-state index in [0.29, 0.717) is 5.82 Å². The van der Waals surface area contributed by atoms with Gasteiger partial charge < -0.3 is 0 Å². The third-order valence-electron chi connectivity index (χ3n) is 12.1. The van der Waals surface area contributed by atoms with Crippen molar-refractivity contribution in [2.24, 2.45) is 0 Å². The first-order chi connectivity index (χ1) is 31.1. The van der Waals surface area contributed by atoms with Crippen molar-refractivity contribution in [1.82, 2.24) is 15.0 Å². The average Bonchev–Trinajstić information content (AvgIpc) is 3.35. The topological polar surface area (TPSA) is 38.7 Å². The van der Waals surface area contributed by atoms with Crippen molar-refractivity contribution >= 4 is 43.5 Å². The maximum atomic E-state index is 5.44. The van der Waals surface area contributed by atoms with Crippen molar-refractivity contribution in [2.45, 2.75) is 6.42 Å². The number of hydrogen-bond donors (Lipinski definition) is 0. The molecule has 2 aromatic heterocycles. The van der Waals surface area contributed by atoms with Gasteiger partial charge >= 0.3 is 0 Å². The van der Waals surface area contributed by atoms with Gasteiger partial charge in [-0.3, -0.25) is 4.98 Å². The molecule has 296 valence electrons. The molecule has 0 atom stereocenters. The van der Waals surface area contributed by atoms with E-state index in [0.717, 1.165) is 72.9 Å². The van der Waals surface area contributed by atoms with E-state index in [-0.39, 0.29) is 0 Å². The van der Waals surface area contributed by atoms with Crippen LogP contribution in [0.25, 0.3) is 88.5 Å². The van der Waals surface area contributed by atoms with E-state index in [9.17, 15) is 0 Å². The Morgan fingerprint density at radius 1 is 0.429 bits per heavy atom. The molecule has 3 heteroatoms. The van der Waals surface area contributed by atoms with Crippen LogP contribution in [0.2, 0.25) is 0 Å². The van der Waals surface area contributed by atoms with Crippen molar-refractivity contribution in [2.75, 3.05) is 0 Å². The molecule has 63 heavy (non-hydrogen) atoms. The summed E-state index contributed by atoms with van der Waals surface area (Å²) in [7, 11) is 0. The monoisotopic (exact) mass is 803 g/mol. The van der Waals surface area contributed by atoms with E-state index in [2.05, 4.69) is 218 Å². The lowest BCUT2D eigenvalue weighted by molar-refractivity contribution is 1.18. The van der Waals surface area contributed by atoms with Crippen LogP contribution in [0.3, 0.4) is 0 Å². The molecule has 2 heterocycles. The number of fused-ring (bicyclic) bond motifs is 5. The first-order valence-electron chi connectivity index (χ1n) is 21.4. The molecule has 0 unspecified atom stereocenters. The molecule has 10 aromatic rings. The van der Waals surface area contributed by atoms with Crippen LogP contribution in [0.5, 0.6) is 0 Å². The lowest BCUT2D eigenvalue weighted by atomic mass is 9.90. The van der Waals surface area contributed by atoms with Crippen LogP contribution in [-0.2, 0) is 0 Å². The van der Waals surface area contributed by atoms with E-state index in [4.69, 9.17) is 9.97 Å². The fourth-order valence-corrected chi connectivity index (χ4v) is 9.09. The molecule has 0 aliphatic heterocycles. The second kappa shape index (κ2) is 16.3. The number of rotatable bonds is 6. The summed E-state index contributed by atoms with van der Waals surface area (Å²) in [5.74, 6) is 0.648. The summed E-state index contributed by atoms with van der Waals surface area (Å²) in [6.45, 7) is 4.68. The van der Waals surface area contributed by atoms with E-state index >= 15 is 0 Å². The highest BCUT2D eigenvalue weighted by Gasteiger charge is 2.17. The molecule has 0 fully saturated rings. The second-order valence-corrected chi connectivity index (χ2v) is 16.0. The Morgan fingerprint density at radius 2 is 1.11 bits per heavy atom. The lowest BCUT2D eigenvalue weighted by Gasteiger charge is -2.15. The zero-order valence-corrected chi connectivity index (χ0v) is 34.6. The van der Waals surface area contributed by atoms with E-state index in [1.807, 2.05) is 12.3 Å². The van der Waals surface area contributed by atoms with Crippen LogP contribution in [0.1, 0.15) is 17.5 Å². The normalized spacial score (nSPS) is 15.6. The average molecular weight is 804 g/mol. The van der Waals surface area contributed by atoms with Crippen molar-refractivity contribution in [1.29, 1.82) is 0 Å². The molecule has 11 rings (SSSR count). The first-order valence-corrected chi connectivity index (χ1v) is 21.4. The molecule has 0 spiro atoms. The summed E-state index contributed by atoms with van der Waals surface area (Å²) in [4.78, 5) is 15.2. The SMILES string of the molecule is C=C1/C=C\C=C/C/C(c2ccc3ccccc3c2)=c2/cccc/c2=C/1c1cccc(-c2nc(-c3cccc(-c4cccnc4)c3)cc(-c3cc4ccccc4c4ccccc34)n2)c1. The number of hydrogen-bond acceptors (Lipinski definition) is 3. The predicted molar refractivity (Wildman–Crippen MR) is 263 cm³/mol. The number of nitrogens with zero attached hydrogens (tertiary/aromatic N) is 3. The smallest absolute Gasteiger partial charge is 0.160 e. The second-order valence-electron chi connectivity index (χ2n) is 16.0. The number of pyridine rings is 1.